The molecule has 5 N–H and O–H groups in total. The second-order valence-electron chi connectivity index (χ2n) is 17.6. The van der Waals surface area contributed by atoms with Gasteiger partial charge in [-0.1, -0.05) is 26.8 Å². The average molecular weight is 1030 g/mol. The molecule has 1 atom stereocenters. The number of benzene rings is 2. The zero-order valence-electron chi connectivity index (χ0n) is 40.0. The van der Waals surface area contributed by atoms with Crippen LogP contribution in [0, 0.1) is 0 Å². The molecular formula is C46H68N3O17S3+. The molecule has 0 aromatic heterocycles. The van der Waals surface area contributed by atoms with Crippen molar-refractivity contribution in [3.63, 3.8) is 0 Å². The largest absolute Gasteiger partial charge is 0.481 e. The number of hydrogen-bond acceptors (Lipinski definition) is 16. The standard InChI is InChI=1S/C46H67N3O17S3/c1-45(2,3)39-33-36(10-6-11-43-46(4,17-7-12-44(50)51)40-34-37(69(57,58)59)14-16-41(40)49(43)19-9-31-68(55,56)66-47)65-42-32-35(13-15-38(39)42)48(18-8-30-67(52,53)54)20-21-61-24-25-63-28-29-64-27-26-62-23-22-60-5/h6,10-11,13-16,32-34H,7-9,12,17-31,47H2,1-5H3,(H2-,50,51,52,53,54,57,58,59)/p+1. The Kier molecular flexibility index (Phi) is 22.0. The number of carbonyl (C=O) groups is 1. The van der Waals surface area contributed by atoms with E-state index in [1.165, 1.54) is 18.2 Å². The number of aliphatic carboxylic acids is 1. The molecule has 3 aliphatic rings. The number of rotatable bonds is 31. The lowest BCUT2D eigenvalue weighted by Crippen LogP contribution is -2.35. The molecule has 0 amide bonds. The van der Waals surface area contributed by atoms with Crippen LogP contribution in [0.2, 0.25) is 0 Å². The topological polar surface area (TPSA) is 281 Å². The zero-order chi connectivity index (χ0) is 50.9. The summed E-state index contributed by atoms with van der Waals surface area (Å²) in [4.78, 5) is 13.1. The van der Waals surface area contributed by atoms with Gasteiger partial charge in [0.15, 0.2) is 6.54 Å². The first-order chi connectivity index (χ1) is 32.5. The number of hydrogen-bond donors (Lipinski definition) is 4. The van der Waals surface area contributed by atoms with Crippen molar-refractivity contribution in [2.45, 2.75) is 75.5 Å². The summed E-state index contributed by atoms with van der Waals surface area (Å²) in [5, 5.41) is 10.2. The molecule has 2 aliphatic heterocycles. The van der Waals surface area contributed by atoms with E-state index in [0.717, 1.165) is 16.5 Å². The van der Waals surface area contributed by atoms with Crippen LogP contribution in [-0.4, -0.2) is 143 Å². The summed E-state index contributed by atoms with van der Waals surface area (Å²) in [5.74, 6) is 4.11. The van der Waals surface area contributed by atoms with E-state index in [4.69, 9.17) is 34.0 Å². The summed E-state index contributed by atoms with van der Waals surface area (Å²) in [7, 11) is -11.3. The van der Waals surface area contributed by atoms with Crippen LogP contribution < -0.4 is 20.7 Å². The lowest BCUT2D eigenvalue weighted by molar-refractivity contribution is -0.137. The first-order valence-corrected chi connectivity index (χ1v) is 27.1. The van der Waals surface area contributed by atoms with Crippen molar-refractivity contribution < 1.29 is 76.6 Å². The fourth-order valence-corrected chi connectivity index (χ4v) is 9.53. The number of carboxylic acid groups (broad SMARTS) is 1. The molecule has 1 aromatic rings. The number of nitrogens with two attached hydrogens (primary N) is 1. The third-order valence-electron chi connectivity index (χ3n) is 11.3. The van der Waals surface area contributed by atoms with Crippen LogP contribution >= 0.6 is 0 Å². The molecule has 386 valence electrons. The molecule has 0 saturated heterocycles. The minimum absolute atomic E-state index is 0.0549. The van der Waals surface area contributed by atoms with E-state index in [0.29, 0.717) is 87.9 Å². The van der Waals surface area contributed by atoms with Crippen LogP contribution in [0.5, 0.6) is 0 Å². The third kappa shape index (κ3) is 18.2. The monoisotopic (exact) mass is 1030 g/mol. The van der Waals surface area contributed by atoms with Gasteiger partial charge in [-0.05, 0) is 85.2 Å². The Labute approximate surface area is 405 Å². The van der Waals surface area contributed by atoms with Crippen LogP contribution in [-0.2, 0) is 73.9 Å². The molecule has 23 heteroatoms. The molecule has 20 nitrogen and oxygen atoms in total. The van der Waals surface area contributed by atoms with Crippen molar-refractivity contribution in [2.24, 2.45) is 5.90 Å². The normalized spacial score (nSPS) is 16.8. The molecule has 2 heterocycles. The molecule has 0 saturated carbocycles. The van der Waals surface area contributed by atoms with Crippen LogP contribution in [0.15, 0.2) is 69.6 Å². The van der Waals surface area contributed by atoms with E-state index in [-0.39, 0.29) is 62.1 Å². The van der Waals surface area contributed by atoms with E-state index >= 15 is 0 Å². The number of allylic oxidation sites excluding steroid dienone is 3. The first-order valence-electron chi connectivity index (χ1n) is 22.5. The highest BCUT2D eigenvalue weighted by Gasteiger charge is 2.43. The number of methoxy groups -OCH3 is 1. The van der Waals surface area contributed by atoms with Gasteiger partial charge < -0.3 is 38.1 Å². The lowest BCUT2D eigenvalue weighted by Gasteiger charge is -2.30. The van der Waals surface area contributed by atoms with Gasteiger partial charge in [-0.25, -0.2) is 4.58 Å². The maximum Gasteiger partial charge on any atom is 0.303 e. The molecule has 1 aromatic carbocycles. The van der Waals surface area contributed by atoms with Gasteiger partial charge in [0, 0.05) is 54.9 Å². The summed E-state index contributed by atoms with van der Waals surface area (Å²) < 4.78 is 132. The number of ether oxygens (including phenoxy) is 5. The summed E-state index contributed by atoms with van der Waals surface area (Å²) in [6.45, 7) is 12.5. The second kappa shape index (κ2) is 26.4. The Bertz CT molecular complexity index is 2610. The highest BCUT2D eigenvalue weighted by Crippen LogP contribution is 2.51. The van der Waals surface area contributed by atoms with Crippen molar-refractivity contribution >= 4 is 48.1 Å². The Morgan fingerprint density at radius 3 is 2.04 bits per heavy atom. The van der Waals surface area contributed by atoms with Crippen molar-refractivity contribution in [1.29, 1.82) is 0 Å². The Balaban J connectivity index is 1.68. The van der Waals surface area contributed by atoms with Gasteiger partial charge in [-0.3, -0.25) is 13.9 Å². The summed E-state index contributed by atoms with van der Waals surface area (Å²) in [6, 6.07) is 11.8. The Morgan fingerprint density at radius 2 is 1.46 bits per heavy atom. The van der Waals surface area contributed by atoms with Gasteiger partial charge in [0.25, 0.3) is 30.4 Å². The number of carboxylic acids is 1. The predicted molar refractivity (Wildman–Crippen MR) is 258 cm³/mol. The van der Waals surface area contributed by atoms with Crippen LogP contribution in [0.1, 0.15) is 76.7 Å². The number of anilines is 1. The zero-order valence-corrected chi connectivity index (χ0v) is 42.4. The fraction of sp³-hybridized carbons (Fsp3) is 0.565. The quantitative estimate of drug-likeness (QED) is 0.0304. The van der Waals surface area contributed by atoms with Crippen molar-refractivity contribution in [3.05, 3.63) is 82.6 Å². The minimum atomic E-state index is -4.63. The van der Waals surface area contributed by atoms with E-state index in [2.05, 4.69) is 25.1 Å². The predicted octanol–water partition coefficient (Wildman–Crippen LogP) is 4.23. The number of nitrogens with zero attached hydrogens (tertiary/aromatic N) is 2. The van der Waals surface area contributed by atoms with E-state index in [1.807, 2.05) is 40.7 Å². The first kappa shape index (κ1) is 57.5. The van der Waals surface area contributed by atoms with Crippen LogP contribution in [0.25, 0.3) is 17.4 Å². The molecule has 69 heavy (non-hydrogen) atoms. The molecule has 0 fully saturated rings. The number of fused-ring (bicyclic) bond motifs is 2. The molecule has 0 spiro atoms. The summed E-state index contributed by atoms with van der Waals surface area (Å²) in [5.41, 5.74) is 2.07. The van der Waals surface area contributed by atoms with Gasteiger partial charge >= 0.3 is 5.97 Å². The lowest BCUT2D eigenvalue weighted by atomic mass is 9.77. The van der Waals surface area contributed by atoms with Gasteiger partial charge in [-0.15, -0.1) is 0 Å². The molecule has 4 rings (SSSR count). The van der Waals surface area contributed by atoms with E-state index in [9.17, 15) is 44.3 Å². The average Bonchev–Trinajstić information content (AvgIpc) is 3.49. The molecule has 1 aliphatic carbocycles. The van der Waals surface area contributed by atoms with Crippen molar-refractivity contribution in [2.75, 3.05) is 103 Å². The van der Waals surface area contributed by atoms with Crippen LogP contribution in [0.3, 0.4) is 0 Å². The summed E-state index contributed by atoms with van der Waals surface area (Å²) >= 11 is 0. The van der Waals surface area contributed by atoms with Crippen molar-refractivity contribution in [1.82, 2.24) is 4.58 Å². The molecular weight excluding hydrogens is 963 g/mol. The van der Waals surface area contributed by atoms with Gasteiger partial charge in [0.05, 0.1) is 75.3 Å². The Hall–Kier alpha value is -4.11. The maximum absolute atomic E-state index is 12.3. The SMILES string of the molecule is COCCOCCOCCOCCOCC[N+](CCCS(=O)(=O)O)=c1ccc2c(C(C)(C)C)cc(C=CC=C3N(CCCS(=O)(=O)ON)c4ccc(S(=O)(=O)O)cc4C3(C)CCCC(=O)O)oc-2c1. The highest BCUT2D eigenvalue weighted by atomic mass is 32.2. The van der Waals surface area contributed by atoms with Gasteiger partial charge in [0.1, 0.15) is 24.7 Å². The smallest absolute Gasteiger partial charge is 0.303 e. The third-order valence-corrected chi connectivity index (χ3v) is 14.1. The van der Waals surface area contributed by atoms with Crippen molar-refractivity contribution in [3.8, 4) is 11.3 Å². The van der Waals surface area contributed by atoms with Gasteiger partial charge in [0.2, 0.25) is 5.36 Å². The van der Waals surface area contributed by atoms with Crippen LogP contribution in [0.4, 0.5) is 5.69 Å². The summed E-state index contributed by atoms with van der Waals surface area (Å²) in [6.07, 6.45) is 5.75. The Morgan fingerprint density at radius 1 is 0.826 bits per heavy atom. The van der Waals surface area contributed by atoms with Gasteiger partial charge in [-0.2, -0.15) is 35.4 Å². The molecule has 1 unspecified atom stereocenters. The maximum atomic E-state index is 12.3. The molecule has 0 radical (unpaired) electrons. The molecule has 0 bridgehead atoms. The minimum Gasteiger partial charge on any atom is -0.481 e. The fourth-order valence-electron chi connectivity index (χ4n) is 7.95. The highest BCUT2D eigenvalue weighted by molar-refractivity contribution is 7.86. The second-order valence-corrected chi connectivity index (χ2v) is 22.3. The van der Waals surface area contributed by atoms with E-state index in [1.54, 1.807) is 25.3 Å². The van der Waals surface area contributed by atoms with E-state index < -0.39 is 53.2 Å².